The molecule has 6 nitrogen and oxygen atoms in total. The van der Waals surface area contributed by atoms with Gasteiger partial charge in [-0.2, -0.15) is 5.11 Å². The smallest absolute Gasteiger partial charge is 0.338 e. The topological polar surface area (TPSA) is 99.8 Å². The molecule has 3 aromatic carbocycles. The second-order valence-electron chi connectivity index (χ2n) is 6.61. The van der Waals surface area contributed by atoms with Gasteiger partial charge in [0.05, 0.1) is 5.02 Å². The zero-order valence-electron chi connectivity index (χ0n) is 16.2. The number of nitrogens with one attached hydrogen (secondary N) is 1. The highest BCUT2D eigenvalue weighted by molar-refractivity contribution is 6.32. The number of hydrogen-bond donors (Lipinski definition) is 2. The number of nitrogens with zero attached hydrogens (tertiary/aromatic N) is 1. The maximum absolute atomic E-state index is 13.0. The molecule has 0 heterocycles. The van der Waals surface area contributed by atoms with Crippen molar-refractivity contribution in [3.63, 3.8) is 0 Å². The Morgan fingerprint density at radius 3 is 2.50 bits per heavy atom. The first-order valence-electron chi connectivity index (χ1n) is 9.18. The number of phenolic OH excluding ortho intramolecular Hbond substituents is 1. The van der Waals surface area contributed by atoms with Gasteiger partial charge in [0.25, 0.3) is 0 Å². The van der Waals surface area contributed by atoms with E-state index in [4.69, 9.17) is 21.9 Å². The Morgan fingerprint density at radius 1 is 1.17 bits per heavy atom. The van der Waals surface area contributed by atoms with Crippen LogP contribution in [0, 0.1) is 5.53 Å². The molecule has 0 fully saturated rings. The first-order valence-corrected chi connectivity index (χ1v) is 9.56. The van der Waals surface area contributed by atoms with Crippen molar-refractivity contribution < 1.29 is 19.4 Å². The summed E-state index contributed by atoms with van der Waals surface area (Å²) >= 11 is 5.92. The Bertz CT molecular complexity index is 1170. The number of ketones is 1. The summed E-state index contributed by atoms with van der Waals surface area (Å²) in [6, 6.07) is 13.3. The van der Waals surface area contributed by atoms with Gasteiger partial charge in [0, 0.05) is 16.5 Å². The number of rotatable bonds is 7. The Labute approximate surface area is 178 Å². The van der Waals surface area contributed by atoms with Gasteiger partial charge in [0.2, 0.25) is 0 Å². The highest BCUT2D eigenvalue weighted by atomic mass is 35.5. The van der Waals surface area contributed by atoms with E-state index in [-0.39, 0.29) is 16.3 Å². The number of phenols is 1. The lowest BCUT2D eigenvalue weighted by molar-refractivity contribution is -0.130. The van der Waals surface area contributed by atoms with Gasteiger partial charge in [0.1, 0.15) is 11.5 Å². The minimum atomic E-state index is -1.12. The van der Waals surface area contributed by atoms with Crippen LogP contribution < -0.4 is 4.74 Å². The van der Waals surface area contributed by atoms with Gasteiger partial charge >= 0.3 is 5.97 Å². The molecule has 0 aliphatic heterocycles. The number of carbonyl (C=O) groups is 2. The molecule has 0 aliphatic rings. The molecule has 2 N–H and O–H groups in total. The van der Waals surface area contributed by atoms with Crippen LogP contribution in [0.4, 0.5) is 0 Å². The van der Waals surface area contributed by atoms with Crippen LogP contribution in [0.25, 0.3) is 10.8 Å². The zero-order chi connectivity index (χ0) is 21.8. The maximum atomic E-state index is 13.0. The molecule has 0 amide bonds. The monoisotopic (exact) mass is 422 g/mol. The molecule has 0 spiro atoms. The molecule has 3 aromatic rings. The van der Waals surface area contributed by atoms with Crippen LogP contribution in [-0.4, -0.2) is 16.9 Å². The summed E-state index contributed by atoms with van der Waals surface area (Å²) in [5.41, 5.74) is 8.68. The highest BCUT2D eigenvalue weighted by Crippen LogP contribution is 2.35. The number of ether oxygens (including phenoxy) is 1. The molecule has 0 radical (unpaired) electrons. The van der Waals surface area contributed by atoms with Crippen molar-refractivity contribution in [1.29, 1.82) is 5.53 Å². The molecule has 152 valence electrons. The van der Waals surface area contributed by atoms with E-state index in [1.54, 1.807) is 36.4 Å². The fourth-order valence-corrected chi connectivity index (χ4v) is 3.21. The minimum absolute atomic E-state index is 0.0350. The number of halogens is 1. The number of esters is 1. The van der Waals surface area contributed by atoms with Crippen molar-refractivity contribution in [3.8, 4) is 11.5 Å². The van der Waals surface area contributed by atoms with Crippen molar-refractivity contribution in [2.75, 3.05) is 0 Å². The van der Waals surface area contributed by atoms with Gasteiger partial charge in [-0.05, 0) is 41.6 Å². The average molecular weight is 423 g/mol. The maximum Gasteiger partial charge on any atom is 0.338 e. The van der Waals surface area contributed by atoms with Gasteiger partial charge in [-0.1, -0.05) is 55.4 Å². The summed E-state index contributed by atoms with van der Waals surface area (Å²) in [6.07, 6.45) is 0.471. The zero-order valence-corrected chi connectivity index (χ0v) is 16.9. The number of carbonyl (C=O) groups excluding carboxylic acids is 2. The van der Waals surface area contributed by atoms with Crippen molar-refractivity contribution in [3.05, 3.63) is 82.9 Å². The summed E-state index contributed by atoms with van der Waals surface area (Å²) in [6.45, 7) is 5.50. The standard InChI is InChI=1S/C23H19ClN2O4/c1-3-13(2)23(29)30-20-11-9-17(15-6-4-5-7-16(15)20)21(26-25)22(28)14-8-10-19(27)18(24)12-14/h4-12,21,25,27H,2-3H2,1H3. The molecule has 3 rings (SSSR count). The summed E-state index contributed by atoms with van der Waals surface area (Å²) in [5, 5.41) is 14.4. The van der Waals surface area contributed by atoms with Crippen LogP contribution >= 0.6 is 11.6 Å². The predicted molar refractivity (Wildman–Crippen MR) is 114 cm³/mol. The number of benzene rings is 3. The first-order chi connectivity index (χ1) is 14.4. The lowest BCUT2D eigenvalue weighted by Crippen LogP contribution is -2.13. The van der Waals surface area contributed by atoms with Crippen molar-refractivity contribution >= 4 is 34.1 Å². The number of hydrogen-bond acceptors (Lipinski definition) is 6. The largest absolute Gasteiger partial charge is 0.506 e. The summed E-state index contributed by atoms with van der Waals surface area (Å²) < 4.78 is 5.48. The fourth-order valence-electron chi connectivity index (χ4n) is 3.03. The van der Waals surface area contributed by atoms with E-state index < -0.39 is 17.8 Å². The SMILES string of the molecule is C=C(CC)C(=O)Oc1ccc(C(N=N)C(=O)c2ccc(O)c(Cl)c2)c2ccccc12. The molecule has 30 heavy (non-hydrogen) atoms. The van der Waals surface area contributed by atoms with Crippen LogP contribution in [0.1, 0.15) is 35.3 Å². The first kappa shape index (κ1) is 21.2. The molecule has 0 saturated heterocycles. The second kappa shape index (κ2) is 8.88. The molecule has 1 atom stereocenters. The van der Waals surface area contributed by atoms with E-state index in [0.29, 0.717) is 34.1 Å². The number of aromatic hydroxyl groups is 1. The van der Waals surface area contributed by atoms with Gasteiger partial charge in [0.15, 0.2) is 11.8 Å². The van der Waals surface area contributed by atoms with E-state index in [1.807, 2.05) is 6.92 Å². The lowest BCUT2D eigenvalue weighted by atomic mass is 9.93. The lowest BCUT2D eigenvalue weighted by Gasteiger charge is -2.16. The van der Waals surface area contributed by atoms with Gasteiger partial charge in [-0.25, -0.2) is 10.3 Å². The van der Waals surface area contributed by atoms with Crippen molar-refractivity contribution in [2.45, 2.75) is 19.4 Å². The van der Waals surface area contributed by atoms with Gasteiger partial charge in [-0.15, -0.1) is 0 Å². The average Bonchev–Trinajstić information content (AvgIpc) is 2.76. The third-order valence-corrected chi connectivity index (χ3v) is 5.04. The summed E-state index contributed by atoms with van der Waals surface area (Å²) in [4.78, 5) is 25.2. The Balaban J connectivity index is 2.06. The summed E-state index contributed by atoms with van der Waals surface area (Å²) in [5.74, 6) is -0.774. The molecule has 0 aliphatic carbocycles. The van der Waals surface area contributed by atoms with E-state index in [9.17, 15) is 14.7 Å². The molecule has 0 saturated carbocycles. The van der Waals surface area contributed by atoms with Crippen LogP contribution in [0.15, 0.2) is 71.9 Å². The van der Waals surface area contributed by atoms with Crippen molar-refractivity contribution in [2.24, 2.45) is 5.11 Å². The molecule has 0 bridgehead atoms. The normalized spacial score (nSPS) is 11.7. The number of Topliss-reactive ketones (excluding diaryl/α,β-unsaturated/α-hetero) is 1. The minimum Gasteiger partial charge on any atom is -0.506 e. The van der Waals surface area contributed by atoms with Gasteiger partial charge < -0.3 is 9.84 Å². The highest BCUT2D eigenvalue weighted by Gasteiger charge is 2.25. The predicted octanol–water partition coefficient (Wildman–Crippen LogP) is 6.03. The Kier molecular flexibility index (Phi) is 6.28. The van der Waals surface area contributed by atoms with Crippen LogP contribution in [0.3, 0.4) is 0 Å². The third-order valence-electron chi connectivity index (χ3n) is 4.74. The quantitative estimate of drug-likeness (QED) is 0.160. The van der Waals surface area contributed by atoms with E-state index in [2.05, 4.69) is 11.7 Å². The van der Waals surface area contributed by atoms with Gasteiger partial charge in [-0.3, -0.25) is 4.79 Å². The van der Waals surface area contributed by atoms with Crippen LogP contribution in [0.2, 0.25) is 5.02 Å². The van der Waals surface area contributed by atoms with Crippen molar-refractivity contribution in [1.82, 2.24) is 0 Å². The number of fused-ring (bicyclic) bond motifs is 1. The van der Waals surface area contributed by atoms with E-state index >= 15 is 0 Å². The summed E-state index contributed by atoms with van der Waals surface area (Å²) in [7, 11) is 0. The fraction of sp³-hybridized carbons (Fsp3) is 0.130. The molecule has 1 unspecified atom stereocenters. The Morgan fingerprint density at radius 2 is 1.87 bits per heavy atom. The molecular formula is C23H19ClN2O4. The second-order valence-corrected chi connectivity index (χ2v) is 7.01. The van der Waals surface area contributed by atoms with Crippen LogP contribution in [0.5, 0.6) is 11.5 Å². The molecule has 7 heteroatoms. The Hall–Kier alpha value is -3.51. The molecule has 0 aromatic heterocycles. The van der Waals surface area contributed by atoms with Crippen LogP contribution in [-0.2, 0) is 4.79 Å². The third kappa shape index (κ3) is 4.09. The van der Waals surface area contributed by atoms with E-state index in [1.165, 1.54) is 18.2 Å². The van der Waals surface area contributed by atoms with E-state index in [0.717, 1.165) is 0 Å². The molecular weight excluding hydrogens is 404 g/mol.